The Kier molecular flexibility index (Phi) is 5.53. The fraction of sp³-hybridized carbons (Fsp3) is 0.200. The Labute approximate surface area is 151 Å². The van der Waals surface area contributed by atoms with Crippen molar-refractivity contribution in [1.29, 1.82) is 0 Å². The zero-order valence-electron chi connectivity index (χ0n) is 14.5. The van der Waals surface area contributed by atoms with Crippen molar-refractivity contribution < 1.29 is 4.79 Å². The number of H-pyrrole nitrogens is 1. The van der Waals surface area contributed by atoms with Gasteiger partial charge in [0.15, 0.2) is 5.69 Å². The number of unbranched alkanes of at least 4 members (excludes halogenated alkanes) is 1. The Hall–Kier alpha value is -3.28. The first-order valence-corrected chi connectivity index (χ1v) is 8.60. The lowest BCUT2D eigenvalue weighted by Gasteiger charge is -2.08. The molecule has 0 aliphatic heterocycles. The van der Waals surface area contributed by atoms with E-state index in [4.69, 9.17) is 0 Å². The fourth-order valence-electron chi connectivity index (χ4n) is 2.70. The van der Waals surface area contributed by atoms with Crippen LogP contribution in [0.15, 0.2) is 64.5 Å². The SMILES string of the molecule is CCCC/C(=N/NC(=O)c1n[nH]c(=O)c2ccccc12)c1ccccc1. The lowest BCUT2D eigenvalue weighted by molar-refractivity contribution is 0.0950. The maximum absolute atomic E-state index is 12.6. The van der Waals surface area contributed by atoms with Gasteiger partial charge < -0.3 is 0 Å². The van der Waals surface area contributed by atoms with Gasteiger partial charge in [0, 0.05) is 5.39 Å². The molecule has 3 rings (SSSR count). The van der Waals surface area contributed by atoms with Gasteiger partial charge in [-0.25, -0.2) is 10.5 Å². The molecule has 6 heteroatoms. The summed E-state index contributed by atoms with van der Waals surface area (Å²) in [6, 6.07) is 16.6. The summed E-state index contributed by atoms with van der Waals surface area (Å²) in [7, 11) is 0. The lowest BCUT2D eigenvalue weighted by atomic mass is 10.1. The highest BCUT2D eigenvalue weighted by atomic mass is 16.2. The largest absolute Gasteiger partial charge is 0.292 e. The molecule has 132 valence electrons. The second kappa shape index (κ2) is 8.20. The van der Waals surface area contributed by atoms with Crippen molar-refractivity contribution in [3.8, 4) is 0 Å². The van der Waals surface area contributed by atoms with Crippen LogP contribution in [0.4, 0.5) is 0 Å². The molecular formula is C20H20N4O2. The quantitative estimate of drug-likeness (QED) is 0.529. The van der Waals surface area contributed by atoms with Crippen molar-refractivity contribution in [2.75, 3.05) is 0 Å². The summed E-state index contributed by atoms with van der Waals surface area (Å²) in [6.45, 7) is 2.11. The molecular weight excluding hydrogens is 328 g/mol. The van der Waals surface area contributed by atoms with Gasteiger partial charge in [-0.3, -0.25) is 9.59 Å². The Morgan fingerprint density at radius 2 is 1.77 bits per heavy atom. The van der Waals surface area contributed by atoms with Gasteiger partial charge in [-0.05, 0) is 24.5 Å². The molecule has 0 spiro atoms. The smallest absolute Gasteiger partial charge is 0.267 e. The van der Waals surface area contributed by atoms with Crippen LogP contribution < -0.4 is 11.0 Å². The van der Waals surface area contributed by atoms with Gasteiger partial charge in [0.2, 0.25) is 0 Å². The van der Waals surface area contributed by atoms with E-state index in [0.717, 1.165) is 30.5 Å². The molecule has 1 amide bonds. The number of amides is 1. The maximum Gasteiger partial charge on any atom is 0.292 e. The first-order chi connectivity index (χ1) is 12.7. The first-order valence-electron chi connectivity index (χ1n) is 8.60. The van der Waals surface area contributed by atoms with Crippen LogP contribution in [0.25, 0.3) is 10.8 Å². The number of nitrogens with one attached hydrogen (secondary N) is 2. The van der Waals surface area contributed by atoms with Crippen LogP contribution in [0.3, 0.4) is 0 Å². The van der Waals surface area contributed by atoms with Crippen molar-refractivity contribution in [2.24, 2.45) is 5.10 Å². The van der Waals surface area contributed by atoms with Gasteiger partial charge in [0.1, 0.15) is 0 Å². The van der Waals surface area contributed by atoms with E-state index in [1.165, 1.54) is 0 Å². The summed E-state index contributed by atoms with van der Waals surface area (Å²) >= 11 is 0. The Morgan fingerprint density at radius 3 is 2.50 bits per heavy atom. The second-order valence-corrected chi connectivity index (χ2v) is 5.92. The summed E-state index contributed by atoms with van der Waals surface area (Å²) in [4.78, 5) is 24.4. The summed E-state index contributed by atoms with van der Waals surface area (Å²) in [6.07, 6.45) is 2.77. The van der Waals surface area contributed by atoms with E-state index in [9.17, 15) is 9.59 Å². The molecule has 0 saturated carbocycles. The number of carbonyl (C=O) groups excluding carboxylic acids is 1. The number of hydrogen-bond donors (Lipinski definition) is 2. The maximum atomic E-state index is 12.6. The van der Waals surface area contributed by atoms with Crippen LogP contribution in [0.5, 0.6) is 0 Å². The molecule has 0 radical (unpaired) electrons. The molecule has 26 heavy (non-hydrogen) atoms. The minimum Gasteiger partial charge on any atom is -0.267 e. The zero-order chi connectivity index (χ0) is 18.4. The van der Waals surface area contributed by atoms with E-state index in [2.05, 4.69) is 27.6 Å². The third kappa shape index (κ3) is 3.85. The van der Waals surface area contributed by atoms with Crippen LogP contribution in [0.1, 0.15) is 42.2 Å². The average Bonchev–Trinajstić information content (AvgIpc) is 2.69. The molecule has 2 N–H and O–H groups in total. The third-order valence-electron chi connectivity index (χ3n) is 4.08. The molecule has 0 unspecified atom stereocenters. The van der Waals surface area contributed by atoms with Gasteiger partial charge in [0.05, 0.1) is 11.1 Å². The zero-order valence-corrected chi connectivity index (χ0v) is 14.5. The molecule has 2 aromatic carbocycles. The van der Waals surface area contributed by atoms with E-state index >= 15 is 0 Å². The van der Waals surface area contributed by atoms with Gasteiger partial charge >= 0.3 is 0 Å². The van der Waals surface area contributed by atoms with Crippen LogP contribution in [-0.4, -0.2) is 21.8 Å². The standard InChI is InChI=1S/C20H20N4O2/c1-2-3-13-17(14-9-5-4-6-10-14)21-24-20(26)18-15-11-7-8-12-16(15)19(25)23-22-18/h4-12H,2-3,13H2,1H3,(H,23,25)(H,24,26)/b21-17-. The van der Waals surface area contributed by atoms with Gasteiger partial charge in [-0.15, -0.1) is 0 Å². The number of fused-ring (bicyclic) bond motifs is 1. The lowest BCUT2D eigenvalue weighted by Crippen LogP contribution is -2.24. The van der Waals surface area contributed by atoms with E-state index in [-0.39, 0.29) is 11.3 Å². The van der Waals surface area contributed by atoms with Gasteiger partial charge in [-0.2, -0.15) is 10.2 Å². The average molecular weight is 348 g/mol. The van der Waals surface area contributed by atoms with Gasteiger partial charge in [0.25, 0.3) is 11.5 Å². The number of rotatable bonds is 6. The predicted octanol–water partition coefficient (Wildman–Crippen LogP) is 3.25. The summed E-state index contributed by atoms with van der Waals surface area (Å²) < 4.78 is 0. The minimum atomic E-state index is -0.456. The second-order valence-electron chi connectivity index (χ2n) is 5.92. The molecule has 1 aromatic heterocycles. The predicted molar refractivity (Wildman–Crippen MR) is 102 cm³/mol. The Bertz CT molecular complexity index is 993. The van der Waals surface area contributed by atoms with E-state index in [1.807, 2.05) is 30.3 Å². The molecule has 1 heterocycles. The summed E-state index contributed by atoms with van der Waals surface area (Å²) in [5.74, 6) is -0.456. The van der Waals surface area contributed by atoms with Crippen LogP contribution in [-0.2, 0) is 0 Å². The normalized spacial score (nSPS) is 11.5. The number of carbonyl (C=O) groups is 1. The van der Waals surface area contributed by atoms with Crippen molar-refractivity contribution in [3.63, 3.8) is 0 Å². The number of nitrogens with zero attached hydrogens (tertiary/aromatic N) is 2. The van der Waals surface area contributed by atoms with Crippen molar-refractivity contribution >= 4 is 22.4 Å². The van der Waals surface area contributed by atoms with Crippen molar-refractivity contribution in [1.82, 2.24) is 15.6 Å². The number of benzene rings is 2. The van der Waals surface area contributed by atoms with Gasteiger partial charge in [-0.1, -0.05) is 61.9 Å². The molecule has 0 saturated heterocycles. The number of aromatic amines is 1. The topological polar surface area (TPSA) is 87.2 Å². The monoisotopic (exact) mass is 348 g/mol. The number of hydrazone groups is 1. The molecule has 3 aromatic rings. The highest BCUT2D eigenvalue weighted by Gasteiger charge is 2.14. The number of hydrogen-bond acceptors (Lipinski definition) is 4. The fourth-order valence-corrected chi connectivity index (χ4v) is 2.70. The third-order valence-corrected chi connectivity index (χ3v) is 4.08. The van der Waals surface area contributed by atoms with E-state index < -0.39 is 5.91 Å². The molecule has 6 nitrogen and oxygen atoms in total. The molecule has 0 aliphatic carbocycles. The minimum absolute atomic E-state index is 0.145. The Balaban J connectivity index is 1.90. The van der Waals surface area contributed by atoms with Crippen LogP contribution in [0.2, 0.25) is 0 Å². The first kappa shape index (κ1) is 17.5. The van der Waals surface area contributed by atoms with E-state index in [1.54, 1.807) is 24.3 Å². The molecule has 0 aliphatic rings. The summed E-state index contributed by atoms with van der Waals surface area (Å²) in [5, 5.41) is 11.5. The van der Waals surface area contributed by atoms with E-state index in [0.29, 0.717) is 10.8 Å². The molecule has 0 atom stereocenters. The molecule has 0 fully saturated rings. The Morgan fingerprint density at radius 1 is 1.08 bits per heavy atom. The highest BCUT2D eigenvalue weighted by Crippen LogP contribution is 2.12. The highest BCUT2D eigenvalue weighted by molar-refractivity contribution is 6.06. The number of aromatic nitrogens is 2. The van der Waals surface area contributed by atoms with Crippen molar-refractivity contribution in [2.45, 2.75) is 26.2 Å². The molecule has 0 bridgehead atoms. The van der Waals surface area contributed by atoms with Crippen molar-refractivity contribution in [3.05, 3.63) is 76.2 Å². The van der Waals surface area contributed by atoms with Crippen LogP contribution in [0, 0.1) is 0 Å². The summed E-state index contributed by atoms with van der Waals surface area (Å²) in [5.41, 5.74) is 4.19. The van der Waals surface area contributed by atoms with Crippen LogP contribution >= 0.6 is 0 Å².